The Hall–Kier alpha value is -3.43. The van der Waals surface area contributed by atoms with Crippen molar-refractivity contribution in [3.05, 3.63) is 64.5 Å². The van der Waals surface area contributed by atoms with Crippen molar-refractivity contribution in [2.24, 2.45) is 0 Å². The fraction of sp³-hybridized carbons (Fsp3) is 0.464. The van der Waals surface area contributed by atoms with Crippen LogP contribution in [-0.2, 0) is 32.6 Å². The van der Waals surface area contributed by atoms with Gasteiger partial charge in [0, 0.05) is 24.6 Å². The zero-order chi connectivity index (χ0) is 27.8. The number of nitrogens with one attached hydrogen (secondary N) is 1. The van der Waals surface area contributed by atoms with Gasteiger partial charge >= 0.3 is 6.18 Å². The molecule has 6 nitrogen and oxygen atoms in total. The van der Waals surface area contributed by atoms with Crippen LogP contribution in [0.3, 0.4) is 0 Å². The van der Waals surface area contributed by atoms with Gasteiger partial charge < -0.3 is 15.0 Å². The SMILES string of the molecule is COc1ccc2c(c1)CCN(C(=O)CC(F)(F)F)C2C(=O)Cc1ccc(C(C)(C)C(=O)NC2CC2)c(F)c1. The summed E-state index contributed by atoms with van der Waals surface area (Å²) in [5.41, 5.74) is 0.441. The van der Waals surface area contributed by atoms with Crippen molar-refractivity contribution in [2.45, 2.75) is 69.6 Å². The molecule has 2 aromatic rings. The topological polar surface area (TPSA) is 75.7 Å². The molecule has 2 aliphatic rings. The van der Waals surface area contributed by atoms with Gasteiger partial charge in [0.2, 0.25) is 11.8 Å². The number of ketones is 1. The number of carbonyl (C=O) groups excluding carboxylic acids is 3. The Morgan fingerprint density at radius 2 is 1.79 bits per heavy atom. The van der Waals surface area contributed by atoms with Crippen molar-refractivity contribution in [2.75, 3.05) is 13.7 Å². The molecule has 1 N–H and O–H groups in total. The Morgan fingerprint density at radius 1 is 1.08 bits per heavy atom. The predicted octanol–water partition coefficient (Wildman–Crippen LogP) is 4.58. The van der Waals surface area contributed by atoms with Crippen LogP contribution in [0.2, 0.25) is 0 Å². The number of Topliss-reactive ketones (excluding diaryl/α,β-unsaturated/α-hetero) is 1. The highest BCUT2D eigenvalue weighted by atomic mass is 19.4. The summed E-state index contributed by atoms with van der Waals surface area (Å²) in [5, 5.41) is 2.87. The zero-order valence-corrected chi connectivity index (χ0v) is 21.5. The lowest BCUT2D eigenvalue weighted by Crippen LogP contribution is -2.45. The second kappa shape index (κ2) is 10.4. The molecule has 1 atom stereocenters. The number of fused-ring (bicyclic) bond motifs is 1. The van der Waals surface area contributed by atoms with E-state index in [0.717, 1.165) is 17.7 Å². The fourth-order valence-corrected chi connectivity index (χ4v) is 4.81. The van der Waals surface area contributed by atoms with Crippen LogP contribution >= 0.6 is 0 Å². The average Bonchev–Trinajstić information content (AvgIpc) is 3.65. The number of halogens is 4. The minimum Gasteiger partial charge on any atom is -0.497 e. The highest BCUT2D eigenvalue weighted by molar-refractivity contribution is 5.92. The number of hydrogen-bond acceptors (Lipinski definition) is 4. The summed E-state index contributed by atoms with van der Waals surface area (Å²) in [6, 6.07) is 7.88. The van der Waals surface area contributed by atoms with Gasteiger partial charge in [-0.3, -0.25) is 14.4 Å². The molecule has 1 unspecified atom stereocenters. The van der Waals surface area contributed by atoms with Gasteiger partial charge in [-0.15, -0.1) is 0 Å². The van der Waals surface area contributed by atoms with Crippen LogP contribution in [0.15, 0.2) is 36.4 Å². The normalized spacial score (nSPS) is 17.6. The van der Waals surface area contributed by atoms with Crippen molar-refractivity contribution in [1.29, 1.82) is 0 Å². The monoisotopic (exact) mass is 534 g/mol. The Bertz CT molecular complexity index is 1250. The van der Waals surface area contributed by atoms with Crippen molar-refractivity contribution in [3.63, 3.8) is 0 Å². The standard InChI is InChI=1S/C28H30F4N2O4/c1-27(2,26(37)33-18-5-6-18)21-9-4-16(12-22(21)29)13-23(35)25-20-8-7-19(38-3)14-17(20)10-11-34(25)24(36)15-28(30,31)32/h4,7-9,12,14,18,25H,5-6,10-11,13,15H2,1-3H3,(H,33,37). The first-order valence-corrected chi connectivity index (χ1v) is 12.5. The van der Waals surface area contributed by atoms with E-state index >= 15 is 4.39 Å². The number of carbonyl (C=O) groups is 3. The third-order valence-corrected chi connectivity index (χ3v) is 7.12. The van der Waals surface area contributed by atoms with Crippen LogP contribution in [0.4, 0.5) is 17.6 Å². The van der Waals surface area contributed by atoms with Gasteiger partial charge in [0.05, 0.1) is 12.5 Å². The molecule has 1 aliphatic carbocycles. The lowest BCUT2D eigenvalue weighted by Gasteiger charge is -2.37. The molecule has 0 radical (unpaired) electrons. The molecule has 0 spiro atoms. The van der Waals surface area contributed by atoms with Crippen LogP contribution < -0.4 is 10.1 Å². The lowest BCUT2D eigenvalue weighted by atomic mass is 9.82. The van der Waals surface area contributed by atoms with Crippen molar-refractivity contribution in [1.82, 2.24) is 10.2 Å². The minimum atomic E-state index is -4.72. The Kier molecular flexibility index (Phi) is 7.54. The van der Waals surface area contributed by atoms with Crippen molar-refractivity contribution >= 4 is 17.6 Å². The molecule has 2 aromatic carbocycles. The maximum atomic E-state index is 15.2. The maximum Gasteiger partial charge on any atom is 0.397 e. The Labute approximate surface area is 218 Å². The van der Waals surface area contributed by atoms with Crippen LogP contribution in [0.25, 0.3) is 0 Å². The number of hydrogen-bond donors (Lipinski definition) is 1. The number of rotatable bonds is 8. The largest absolute Gasteiger partial charge is 0.497 e. The van der Waals surface area contributed by atoms with Crippen LogP contribution in [0.5, 0.6) is 5.75 Å². The van der Waals surface area contributed by atoms with Crippen molar-refractivity contribution < 1.29 is 36.7 Å². The van der Waals surface area contributed by atoms with Crippen LogP contribution in [0, 0.1) is 5.82 Å². The van der Waals surface area contributed by atoms with Gasteiger partial charge in [-0.1, -0.05) is 18.2 Å². The predicted molar refractivity (Wildman–Crippen MR) is 131 cm³/mol. The van der Waals surface area contributed by atoms with E-state index in [1.165, 1.54) is 25.3 Å². The molecule has 1 heterocycles. The third kappa shape index (κ3) is 6.00. The number of ether oxygens (including phenoxy) is 1. The molecule has 0 bridgehead atoms. The Morgan fingerprint density at radius 3 is 2.39 bits per heavy atom. The Balaban J connectivity index is 1.60. The van der Waals surface area contributed by atoms with E-state index < -0.39 is 41.6 Å². The van der Waals surface area contributed by atoms with Gasteiger partial charge in [-0.05, 0) is 68.0 Å². The number of methoxy groups -OCH3 is 1. The average molecular weight is 535 g/mol. The lowest BCUT2D eigenvalue weighted by molar-refractivity contribution is -0.165. The summed E-state index contributed by atoms with van der Waals surface area (Å²) in [6.45, 7) is 3.17. The van der Waals surface area contributed by atoms with E-state index in [9.17, 15) is 27.6 Å². The molecule has 10 heteroatoms. The van der Waals surface area contributed by atoms with E-state index in [-0.39, 0.29) is 36.9 Å². The van der Waals surface area contributed by atoms with Crippen molar-refractivity contribution in [3.8, 4) is 5.75 Å². The van der Waals surface area contributed by atoms with Gasteiger partial charge in [0.1, 0.15) is 24.0 Å². The number of nitrogens with zero attached hydrogens (tertiary/aromatic N) is 1. The summed E-state index contributed by atoms with van der Waals surface area (Å²) < 4.78 is 59.5. The molecular weight excluding hydrogens is 504 g/mol. The van der Waals surface area contributed by atoms with Gasteiger partial charge in [0.15, 0.2) is 5.78 Å². The summed E-state index contributed by atoms with van der Waals surface area (Å²) in [5.74, 6) is -2.16. The van der Waals surface area contributed by atoms with Crippen LogP contribution in [-0.4, -0.2) is 48.4 Å². The molecule has 2 amide bonds. The summed E-state index contributed by atoms with van der Waals surface area (Å²) >= 11 is 0. The highest BCUT2D eigenvalue weighted by Crippen LogP contribution is 2.36. The molecular formula is C28H30F4N2O4. The summed E-state index contributed by atoms with van der Waals surface area (Å²) in [7, 11) is 1.47. The fourth-order valence-electron chi connectivity index (χ4n) is 4.81. The highest BCUT2D eigenvalue weighted by Gasteiger charge is 2.41. The quantitative estimate of drug-likeness (QED) is 0.503. The van der Waals surface area contributed by atoms with E-state index in [1.807, 2.05) is 0 Å². The maximum absolute atomic E-state index is 15.2. The number of benzene rings is 2. The zero-order valence-electron chi connectivity index (χ0n) is 21.5. The smallest absolute Gasteiger partial charge is 0.397 e. The van der Waals surface area contributed by atoms with Crippen LogP contribution in [0.1, 0.15) is 61.4 Å². The molecule has 0 saturated heterocycles. The minimum absolute atomic E-state index is 0.0664. The first-order valence-electron chi connectivity index (χ1n) is 12.5. The number of alkyl halides is 3. The van der Waals surface area contributed by atoms with Gasteiger partial charge in [-0.25, -0.2) is 4.39 Å². The van der Waals surface area contributed by atoms with E-state index in [4.69, 9.17) is 4.74 Å². The number of amides is 2. The van der Waals surface area contributed by atoms with E-state index in [0.29, 0.717) is 22.4 Å². The molecule has 4 rings (SSSR count). The van der Waals surface area contributed by atoms with E-state index in [2.05, 4.69) is 5.32 Å². The molecule has 1 saturated carbocycles. The summed E-state index contributed by atoms with van der Waals surface area (Å²) in [4.78, 5) is 39.7. The second-order valence-corrected chi connectivity index (χ2v) is 10.4. The first kappa shape index (κ1) is 27.6. The third-order valence-electron chi connectivity index (χ3n) is 7.12. The molecule has 1 fully saturated rings. The van der Waals surface area contributed by atoms with Gasteiger partial charge in [0.25, 0.3) is 0 Å². The second-order valence-electron chi connectivity index (χ2n) is 10.4. The van der Waals surface area contributed by atoms with E-state index in [1.54, 1.807) is 32.0 Å². The first-order chi connectivity index (χ1) is 17.8. The molecule has 38 heavy (non-hydrogen) atoms. The molecule has 0 aromatic heterocycles. The summed E-state index contributed by atoms with van der Waals surface area (Å²) in [6.07, 6.45) is -4.65. The molecule has 204 valence electrons. The molecule has 1 aliphatic heterocycles. The van der Waals surface area contributed by atoms with Gasteiger partial charge in [-0.2, -0.15) is 13.2 Å².